The molecule has 2 aliphatic heterocycles. The standard InChI is InChI=1S/C8H12O3/c1-3-5-6(4-2)7-8(9-7)10-11-8/h5,7H,3-4H2,1-2H3. The van der Waals surface area contributed by atoms with Gasteiger partial charge in [0.2, 0.25) is 0 Å². The highest BCUT2D eigenvalue weighted by molar-refractivity contribution is 5.18. The van der Waals surface area contributed by atoms with Crippen LogP contribution in [0.25, 0.3) is 0 Å². The zero-order chi connectivity index (χ0) is 7.90. The molecule has 0 aromatic carbocycles. The molecule has 0 N–H and O–H groups in total. The molecule has 2 aliphatic rings. The second-order valence-electron chi connectivity index (χ2n) is 2.81. The topological polar surface area (TPSA) is 37.6 Å². The summed E-state index contributed by atoms with van der Waals surface area (Å²) in [6.45, 7) is 4.22. The molecule has 1 atom stereocenters. The Labute approximate surface area is 65.9 Å². The summed E-state index contributed by atoms with van der Waals surface area (Å²) < 4.78 is 5.21. The molecule has 1 unspecified atom stereocenters. The van der Waals surface area contributed by atoms with E-state index in [2.05, 4.69) is 29.7 Å². The van der Waals surface area contributed by atoms with Gasteiger partial charge in [-0.15, -0.1) is 0 Å². The summed E-state index contributed by atoms with van der Waals surface area (Å²) in [5.41, 5.74) is 1.28. The largest absolute Gasteiger partial charge is 0.371 e. The predicted octanol–water partition coefficient (Wildman–Crippen LogP) is 1.75. The van der Waals surface area contributed by atoms with Crippen LogP contribution in [-0.2, 0) is 14.5 Å². The number of ether oxygens (including phenoxy) is 1. The lowest BCUT2D eigenvalue weighted by atomic mass is 10.1. The Morgan fingerprint density at radius 2 is 2.18 bits per heavy atom. The Balaban J connectivity index is 1.97. The number of hydrogen-bond donors (Lipinski definition) is 0. The van der Waals surface area contributed by atoms with Crippen LogP contribution in [0.2, 0.25) is 0 Å². The lowest BCUT2D eigenvalue weighted by molar-refractivity contribution is 0.0850. The first-order chi connectivity index (χ1) is 5.32. The highest BCUT2D eigenvalue weighted by Gasteiger charge is 2.74. The van der Waals surface area contributed by atoms with E-state index in [4.69, 9.17) is 4.74 Å². The molecule has 2 rings (SSSR count). The second kappa shape index (κ2) is 2.30. The van der Waals surface area contributed by atoms with Crippen molar-refractivity contribution in [2.24, 2.45) is 0 Å². The Morgan fingerprint density at radius 3 is 2.55 bits per heavy atom. The molecule has 3 heteroatoms. The molecule has 2 fully saturated rings. The quantitative estimate of drug-likeness (QED) is 0.355. The van der Waals surface area contributed by atoms with Crippen LogP contribution in [0.4, 0.5) is 0 Å². The third-order valence-corrected chi connectivity index (χ3v) is 2.00. The molecular weight excluding hydrogens is 144 g/mol. The van der Waals surface area contributed by atoms with Crippen LogP contribution >= 0.6 is 0 Å². The van der Waals surface area contributed by atoms with E-state index >= 15 is 0 Å². The van der Waals surface area contributed by atoms with E-state index in [1.54, 1.807) is 0 Å². The van der Waals surface area contributed by atoms with Gasteiger partial charge in [-0.3, -0.25) is 0 Å². The Bertz CT molecular complexity index is 194. The minimum Gasteiger partial charge on any atom is -0.305 e. The van der Waals surface area contributed by atoms with Gasteiger partial charge in [0.25, 0.3) is 0 Å². The molecule has 0 amide bonds. The Morgan fingerprint density at radius 1 is 1.45 bits per heavy atom. The van der Waals surface area contributed by atoms with Crippen molar-refractivity contribution in [1.82, 2.24) is 0 Å². The molecule has 0 aliphatic carbocycles. The summed E-state index contributed by atoms with van der Waals surface area (Å²) >= 11 is 0. The highest BCUT2D eigenvalue weighted by Crippen LogP contribution is 2.54. The molecule has 0 saturated carbocycles. The molecule has 62 valence electrons. The van der Waals surface area contributed by atoms with Gasteiger partial charge in [0, 0.05) is 0 Å². The summed E-state index contributed by atoms with van der Waals surface area (Å²) in [6, 6.07) is 0. The van der Waals surface area contributed by atoms with Crippen molar-refractivity contribution in [3.05, 3.63) is 11.6 Å². The van der Waals surface area contributed by atoms with Crippen molar-refractivity contribution in [1.29, 1.82) is 0 Å². The number of rotatable bonds is 3. The highest BCUT2D eigenvalue weighted by atomic mass is 17.5. The van der Waals surface area contributed by atoms with Crippen molar-refractivity contribution in [3.8, 4) is 0 Å². The first kappa shape index (κ1) is 7.28. The number of allylic oxidation sites excluding steroid dienone is 1. The van der Waals surface area contributed by atoms with Gasteiger partial charge < -0.3 is 4.74 Å². The molecule has 0 aromatic rings. The summed E-state index contributed by atoms with van der Waals surface area (Å²) in [5.74, 6) is -0.628. The third kappa shape index (κ3) is 1.09. The van der Waals surface area contributed by atoms with Crippen LogP contribution in [0.15, 0.2) is 11.6 Å². The lowest BCUT2D eigenvalue weighted by Gasteiger charge is -1.94. The van der Waals surface area contributed by atoms with E-state index in [-0.39, 0.29) is 6.10 Å². The number of epoxide rings is 1. The number of hydrogen-bond acceptors (Lipinski definition) is 3. The monoisotopic (exact) mass is 156 g/mol. The van der Waals surface area contributed by atoms with E-state index in [0.717, 1.165) is 12.8 Å². The lowest BCUT2D eigenvalue weighted by Crippen LogP contribution is -1.97. The fraction of sp³-hybridized carbons (Fsp3) is 0.750. The second-order valence-corrected chi connectivity index (χ2v) is 2.81. The maximum absolute atomic E-state index is 5.21. The smallest absolute Gasteiger partial charge is 0.305 e. The van der Waals surface area contributed by atoms with Crippen LogP contribution in [0.1, 0.15) is 26.7 Å². The first-order valence-electron chi connectivity index (χ1n) is 4.06. The summed E-state index contributed by atoms with van der Waals surface area (Å²) in [7, 11) is 0. The van der Waals surface area contributed by atoms with Crippen LogP contribution in [0.5, 0.6) is 0 Å². The molecule has 0 radical (unpaired) electrons. The van der Waals surface area contributed by atoms with E-state index < -0.39 is 5.97 Å². The summed E-state index contributed by atoms with van der Waals surface area (Å²) in [5, 5.41) is 0. The fourth-order valence-corrected chi connectivity index (χ4v) is 1.30. The fourth-order valence-electron chi connectivity index (χ4n) is 1.30. The van der Waals surface area contributed by atoms with Crippen LogP contribution < -0.4 is 0 Å². The third-order valence-electron chi connectivity index (χ3n) is 2.00. The van der Waals surface area contributed by atoms with Gasteiger partial charge in [0.05, 0.1) is 0 Å². The van der Waals surface area contributed by atoms with E-state index in [9.17, 15) is 0 Å². The van der Waals surface area contributed by atoms with Crippen molar-refractivity contribution in [2.45, 2.75) is 38.8 Å². The van der Waals surface area contributed by atoms with Crippen LogP contribution in [0, 0.1) is 0 Å². The summed E-state index contributed by atoms with van der Waals surface area (Å²) in [4.78, 5) is 9.37. The SMILES string of the molecule is CCC=C(CC)C1OC12OO2. The maximum atomic E-state index is 5.21. The van der Waals surface area contributed by atoms with Gasteiger partial charge in [-0.25, -0.2) is 0 Å². The van der Waals surface area contributed by atoms with Crippen LogP contribution in [0.3, 0.4) is 0 Å². The van der Waals surface area contributed by atoms with E-state index in [0.29, 0.717) is 0 Å². The molecule has 2 saturated heterocycles. The van der Waals surface area contributed by atoms with Crippen molar-refractivity contribution < 1.29 is 14.5 Å². The Kier molecular flexibility index (Phi) is 1.52. The van der Waals surface area contributed by atoms with Crippen LogP contribution in [-0.4, -0.2) is 12.1 Å². The minimum atomic E-state index is -0.628. The molecule has 3 nitrogen and oxygen atoms in total. The molecule has 1 spiro atoms. The average molecular weight is 156 g/mol. The first-order valence-corrected chi connectivity index (χ1v) is 4.06. The van der Waals surface area contributed by atoms with Gasteiger partial charge in [-0.2, -0.15) is 9.78 Å². The van der Waals surface area contributed by atoms with Crippen molar-refractivity contribution in [3.63, 3.8) is 0 Å². The Hall–Kier alpha value is -0.380. The molecule has 0 aromatic heterocycles. The molecule has 11 heavy (non-hydrogen) atoms. The van der Waals surface area contributed by atoms with Gasteiger partial charge in [0.15, 0.2) is 6.10 Å². The zero-order valence-electron chi connectivity index (χ0n) is 6.79. The van der Waals surface area contributed by atoms with E-state index in [1.165, 1.54) is 5.57 Å². The normalized spacial score (nSPS) is 32.5. The molecular formula is C8H12O3. The summed E-state index contributed by atoms with van der Waals surface area (Å²) in [6.07, 6.45) is 4.30. The zero-order valence-corrected chi connectivity index (χ0v) is 6.79. The van der Waals surface area contributed by atoms with Gasteiger partial charge in [0.1, 0.15) is 0 Å². The molecule has 0 bridgehead atoms. The van der Waals surface area contributed by atoms with E-state index in [1.807, 2.05) is 0 Å². The van der Waals surface area contributed by atoms with Gasteiger partial charge >= 0.3 is 5.97 Å². The average Bonchev–Trinajstić information content (AvgIpc) is 2.89. The maximum Gasteiger partial charge on any atom is 0.371 e. The van der Waals surface area contributed by atoms with Crippen molar-refractivity contribution >= 4 is 0 Å². The van der Waals surface area contributed by atoms with Crippen molar-refractivity contribution in [2.75, 3.05) is 0 Å². The van der Waals surface area contributed by atoms with Gasteiger partial charge in [-0.1, -0.05) is 19.9 Å². The molecule has 2 heterocycles. The minimum absolute atomic E-state index is 0.0763. The van der Waals surface area contributed by atoms with Gasteiger partial charge in [-0.05, 0) is 18.4 Å². The predicted molar refractivity (Wildman–Crippen MR) is 38.4 cm³/mol.